The molecule has 14 heavy (non-hydrogen) atoms. The first-order chi connectivity index (χ1) is 6.72. The van der Waals surface area contributed by atoms with Crippen LogP contribution >= 0.6 is 0 Å². The number of hydrogen-bond donors (Lipinski definition) is 2. The SMILES string of the molecule is CCCCOCCC(NCC)C(=O)O. The Labute approximate surface area is 85.6 Å². The molecule has 4 nitrogen and oxygen atoms in total. The number of ether oxygens (including phenoxy) is 1. The fourth-order valence-corrected chi connectivity index (χ4v) is 1.11. The first kappa shape index (κ1) is 13.4. The summed E-state index contributed by atoms with van der Waals surface area (Å²) >= 11 is 0. The van der Waals surface area contributed by atoms with E-state index in [0.29, 0.717) is 19.6 Å². The van der Waals surface area contributed by atoms with Crippen molar-refractivity contribution in [1.82, 2.24) is 5.32 Å². The number of likely N-dealkylation sites (N-methyl/N-ethyl adjacent to an activating group) is 1. The minimum atomic E-state index is -0.800. The first-order valence-electron chi connectivity index (χ1n) is 5.26. The van der Waals surface area contributed by atoms with Crippen LogP contribution in [-0.2, 0) is 9.53 Å². The molecular formula is C10H21NO3. The van der Waals surface area contributed by atoms with Gasteiger partial charge in [-0.05, 0) is 19.4 Å². The highest BCUT2D eigenvalue weighted by Gasteiger charge is 2.14. The third kappa shape index (κ3) is 6.86. The van der Waals surface area contributed by atoms with Crippen molar-refractivity contribution < 1.29 is 14.6 Å². The lowest BCUT2D eigenvalue weighted by atomic mass is 10.2. The molecule has 0 bridgehead atoms. The van der Waals surface area contributed by atoms with Gasteiger partial charge in [0, 0.05) is 13.2 Å². The maximum Gasteiger partial charge on any atom is 0.320 e. The summed E-state index contributed by atoms with van der Waals surface area (Å²) in [5.41, 5.74) is 0. The zero-order chi connectivity index (χ0) is 10.8. The average molecular weight is 203 g/mol. The number of carboxylic acids is 1. The molecule has 0 rings (SSSR count). The lowest BCUT2D eigenvalue weighted by molar-refractivity contribution is -0.140. The Balaban J connectivity index is 3.46. The Morgan fingerprint density at radius 2 is 2.14 bits per heavy atom. The van der Waals surface area contributed by atoms with E-state index in [9.17, 15) is 4.79 Å². The fourth-order valence-electron chi connectivity index (χ4n) is 1.11. The summed E-state index contributed by atoms with van der Waals surface area (Å²) in [5, 5.41) is 11.7. The van der Waals surface area contributed by atoms with Crippen LogP contribution in [0.15, 0.2) is 0 Å². The van der Waals surface area contributed by atoms with Crippen LogP contribution in [0, 0.1) is 0 Å². The quantitative estimate of drug-likeness (QED) is 0.554. The molecule has 1 unspecified atom stereocenters. The van der Waals surface area contributed by atoms with Gasteiger partial charge in [-0.3, -0.25) is 4.79 Å². The molecule has 0 spiro atoms. The number of aliphatic carboxylic acids is 1. The van der Waals surface area contributed by atoms with Crippen molar-refractivity contribution in [3.8, 4) is 0 Å². The van der Waals surface area contributed by atoms with Crippen molar-refractivity contribution >= 4 is 5.97 Å². The van der Waals surface area contributed by atoms with E-state index < -0.39 is 12.0 Å². The lowest BCUT2D eigenvalue weighted by Crippen LogP contribution is -2.37. The van der Waals surface area contributed by atoms with E-state index in [0.717, 1.165) is 19.4 Å². The monoisotopic (exact) mass is 203 g/mol. The van der Waals surface area contributed by atoms with Crippen molar-refractivity contribution in [1.29, 1.82) is 0 Å². The molecule has 0 aromatic rings. The molecule has 0 aliphatic carbocycles. The van der Waals surface area contributed by atoms with Crippen molar-refractivity contribution in [2.24, 2.45) is 0 Å². The molecule has 0 saturated carbocycles. The number of carboxylic acid groups (broad SMARTS) is 1. The van der Waals surface area contributed by atoms with E-state index in [-0.39, 0.29) is 0 Å². The lowest BCUT2D eigenvalue weighted by Gasteiger charge is -2.12. The molecule has 0 amide bonds. The second-order valence-corrected chi connectivity index (χ2v) is 3.20. The van der Waals surface area contributed by atoms with E-state index in [2.05, 4.69) is 12.2 Å². The molecule has 0 heterocycles. The molecule has 4 heteroatoms. The van der Waals surface area contributed by atoms with E-state index >= 15 is 0 Å². The summed E-state index contributed by atoms with van der Waals surface area (Å²) in [7, 11) is 0. The number of unbranched alkanes of at least 4 members (excludes halogenated alkanes) is 1. The third-order valence-electron chi connectivity index (χ3n) is 1.94. The van der Waals surface area contributed by atoms with Crippen LogP contribution in [0.3, 0.4) is 0 Å². The topological polar surface area (TPSA) is 58.6 Å². The molecule has 0 aromatic heterocycles. The predicted molar refractivity (Wildman–Crippen MR) is 55.4 cm³/mol. The van der Waals surface area contributed by atoms with E-state index in [1.807, 2.05) is 6.92 Å². The highest BCUT2D eigenvalue weighted by molar-refractivity contribution is 5.73. The maximum absolute atomic E-state index is 10.7. The van der Waals surface area contributed by atoms with Gasteiger partial charge in [0.05, 0.1) is 0 Å². The minimum Gasteiger partial charge on any atom is -0.480 e. The van der Waals surface area contributed by atoms with Gasteiger partial charge in [0.1, 0.15) is 6.04 Å². The second-order valence-electron chi connectivity index (χ2n) is 3.20. The maximum atomic E-state index is 10.7. The van der Waals surface area contributed by atoms with Crippen LogP contribution in [0.2, 0.25) is 0 Å². The highest BCUT2D eigenvalue weighted by atomic mass is 16.5. The molecule has 0 aromatic carbocycles. The smallest absolute Gasteiger partial charge is 0.320 e. The predicted octanol–water partition coefficient (Wildman–Crippen LogP) is 1.26. The standard InChI is InChI=1S/C10H21NO3/c1-3-5-7-14-8-6-9(10(12)13)11-4-2/h9,11H,3-8H2,1-2H3,(H,12,13). The van der Waals surface area contributed by atoms with E-state index in [1.54, 1.807) is 0 Å². The van der Waals surface area contributed by atoms with Crippen molar-refractivity contribution in [3.63, 3.8) is 0 Å². The fraction of sp³-hybridized carbons (Fsp3) is 0.900. The summed E-state index contributed by atoms with van der Waals surface area (Å²) in [6.45, 7) is 5.92. The molecular weight excluding hydrogens is 182 g/mol. The van der Waals surface area contributed by atoms with Gasteiger partial charge in [-0.15, -0.1) is 0 Å². The van der Waals surface area contributed by atoms with Gasteiger partial charge < -0.3 is 15.2 Å². The van der Waals surface area contributed by atoms with Crippen LogP contribution in [0.1, 0.15) is 33.1 Å². The van der Waals surface area contributed by atoms with Gasteiger partial charge in [-0.2, -0.15) is 0 Å². The molecule has 84 valence electrons. The largest absolute Gasteiger partial charge is 0.480 e. The summed E-state index contributed by atoms with van der Waals surface area (Å²) < 4.78 is 5.30. The van der Waals surface area contributed by atoms with Crippen molar-refractivity contribution in [3.05, 3.63) is 0 Å². The number of nitrogens with one attached hydrogen (secondary N) is 1. The van der Waals surface area contributed by atoms with Crippen molar-refractivity contribution in [2.75, 3.05) is 19.8 Å². The molecule has 0 radical (unpaired) electrons. The molecule has 0 aliphatic heterocycles. The van der Waals surface area contributed by atoms with Gasteiger partial charge in [-0.1, -0.05) is 20.3 Å². The Kier molecular flexibility index (Phi) is 8.57. The van der Waals surface area contributed by atoms with Gasteiger partial charge in [-0.25, -0.2) is 0 Å². The molecule has 0 fully saturated rings. The van der Waals surface area contributed by atoms with Gasteiger partial charge in [0.15, 0.2) is 0 Å². The normalized spacial score (nSPS) is 12.7. The first-order valence-corrected chi connectivity index (χ1v) is 5.26. The van der Waals surface area contributed by atoms with Gasteiger partial charge in [0.25, 0.3) is 0 Å². The molecule has 0 aliphatic rings. The number of rotatable bonds is 9. The number of hydrogen-bond acceptors (Lipinski definition) is 3. The van der Waals surface area contributed by atoms with Crippen LogP contribution in [0.25, 0.3) is 0 Å². The van der Waals surface area contributed by atoms with E-state index in [4.69, 9.17) is 9.84 Å². The van der Waals surface area contributed by atoms with Crippen LogP contribution in [0.4, 0.5) is 0 Å². The van der Waals surface area contributed by atoms with Crippen LogP contribution in [0.5, 0.6) is 0 Å². The second kappa shape index (κ2) is 8.97. The van der Waals surface area contributed by atoms with Crippen molar-refractivity contribution in [2.45, 2.75) is 39.2 Å². The number of carbonyl (C=O) groups is 1. The Morgan fingerprint density at radius 3 is 2.64 bits per heavy atom. The van der Waals surface area contributed by atoms with Crippen LogP contribution in [-0.4, -0.2) is 36.9 Å². The highest BCUT2D eigenvalue weighted by Crippen LogP contribution is 1.95. The zero-order valence-corrected chi connectivity index (χ0v) is 9.08. The van der Waals surface area contributed by atoms with Gasteiger partial charge in [0.2, 0.25) is 0 Å². The molecule has 0 saturated heterocycles. The third-order valence-corrected chi connectivity index (χ3v) is 1.94. The molecule has 1 atom stereocenters. The summed E-state index contributed by atoms with van der Waals surface area (Å²) in [6, 6.07) is -0.471. The van der Waals surface area contributed by atoms with E-state index in [1.165, 1.54) is 0 Å². The molecule has 2 N–H and O–H groups in total. The zero-order valence-electron chi connectivity index (χ0n) is 9.08. The Morgan fingerprint density at radius 1 is 1.43 bits per heavy atom. The van der Waals surface area contributed by atoms with Crippen LogP contribution < -0.4 is 5.32 Å². The van der Waals surface area contributed by atoms with Gasteiger partial charge >= 0.3 is 5.97 Å². The summed E-state index contributed by atoms with van der Waals surface area (Å²) in [4.78, 5) is 10.7. The Hall–Kier alpha value is -0.610. The summed E-state index contributed by atoms with van der Waals surface area (Å²) in [5.74, 6) is -0.800. The minimum absolute atomic E-state index is 0.471. The average Bonchev–Trinajstić information content (AvgIpc) is 2.15. The Bertz CT molecular complexity index is 150. The summed E-state index contributed by atoms with van der Waals surface area (Å²) in [6.07, 6.45) is 2.68.